The maximum atomic E-state index is 12.6. The second-order valence-electron chi connectivity index (χ2n) is 6.25. The molecule has 0 radical (unpaired) electrons. The molecule has 0 aliphatic carbocycles. The van der Waals surface area contributed by atoms with Crippen LogP contribution in [0.1, 0.15) is 29.5 Å². The fourth-order valence-electron chi connectivity index (χ4n) is 3.17. The van der Waals surface area contributed by atoms with Crippen molar-refractivity contribution in [3.63, 3.8) is 0 Å². The summed E-state index contributed by atoms with van der Waals surface area (Å²) in [7, 11) is 0. The molecule has 128 valence electrons. The second-order valence-corrected chi connectivity index (χ2v) is 6.65. The highest BCUT2D eigenvalue weighted by molar-refractivity contribution is 6.31. The Morgan fingerprint density at radius 1 is 1.24 bits per heavy atom. The average molecular weight is 354 g/mol. The van der Waals surface area contributed by atoms with E-state index in [9.17, 15) is 4.79 Å². The van der Waals surface area contributed by atoms with Gasteiger partial charge in [0, 0.05) is 18.1 Å². The molecule has 1 N–H and O–H groups in total. The first kappa shape index (κ1) is 17.5. The Hall–Kier alpha value is -2.35. The van der Waals surface area contributed by atoms with Gasteiger partial charge in [-0.05, 0) is 48.7 Å². The van der Waals surface area contributed by atoms with Crippen LogP contribution in [0.15, 0.2) is 48.5 Å². The number of hydrogen-bond donors (Lipinski definition) is 1. The molecule has 1 fully saturated rings. The molecule has 1 aliphatic rings. The van der Waals surface area contributed by atoms with Crippen LogP contribution >= 0.6 is 11.6 Å². The van der Waals surface area contributed by atoms with Crippen LogP contribution in [0, 0.1) is 11.3 Å². The molecular formula is C20H20ClN3O. The summed E-state index contributed by atoms with van der Waals surface area (Å²) in [4.78, 5) is 14.8. The van der Waals surface area contributed by atoms with E-state index in [1.165, 1.54) is 0 Å². The van der Waals surface area contributed by atoms with E-state index in [0.29, 0.717) is 17.1 Å². The van der Waals surface area contributed by atoms with Gasteiger partial charge < -0.3 is 5.32 Å². The zero-order valence-corrected chi connectivity index (χ0v) is 14.7. The Labute approximate surface area is 153 Å². The lowest BCUT2D eigenvalue weighted by atomic mass is 10.1. The molecule has 1 aliphatic heterocycles. The third-order valence-corrected chi connectivity index (χ3v) is 4.91. The average Bonchev–Trinajstić information content (AvgIpc) is 3.09. The van der Waals surface area contributed by atoms with Crippen LogP contribution < -0.4 is 5.32 Å². The summed E-state index contributed by atoms with van der Waals surface area (Å²) in [6.45, 7) is 2.07. The van der Waals surface area contributed by atoms with Gasteiger partial charge in [0.1, 0.15) is 0 Å². The number of benzene rings is 2. The van der Waals surface area contributed by atoms with Crippen LogP contribution in [0.25, 0.3) is 0 Å². The van der Waals surface area contributed by atoms with Crippen LogP contribution in [-0.4, -0.2) is 23.4 Å². The summed E-state index contributed by atoms with van der Waals surface area (Å²) in [5.41, 5.74) is 2.69. The molecule has 0 saturated carbocycles. The van der Waals surface area contributed by atoms with E-state index < -0.39 is 0 Å². The van der Waals surface area contributed by atoms with E-state index in [0.717, 1.165) is 37.1 Å². The van der Waals surface area contributed by atoms with E-state index in [2.05, 4.69) is 16.3 Å². The number of rotatable bonds is 5. The van der Waals surface area contributed by atoms with Gasteiger partial charge in [-0.1, -0.05) is 41.9 Å². The van der Waals surface area contributed by atoms with Crippen LogP contribution in [0.5, 0.6) is 0 Å². The van der Waals surface area contributed by atoms with E-state index in [-0.39, 0.29) is 11.9 Å². The molecule has 25 heavy (non-hydrogen) atoms. The highest BCUT2D eigenvalue weighted by atomic mass is 35.5. The third-order valence-electron chi connectivity index (χ3n) is 4.55. The smallest absolute Gasteiger partial charge is 0.237 e. The van der Waals surface area contributed by atoms with Crippen molar-refractivity contribution in [1.29, 1.82) is 5.26 Å². The summed E-state index contributed by atoms with van der Waals surface area (Å²) < 4.78 is 0. The highest BCUT2D eigenvalue weighted by Crippen LogP contribution is 2.21. The Bertz CT molecular complexity index is 782. The summed E-state index contributed by atoms with van der Waals surface area (Å²) in [6.07, 6.45) is 1.88. The molecule has 1 atom stereocenters. The van der Waals surface area contributed by atoms with Crippen molar-refractivity contribution in [2.24, 2.45) is 0 Å². The molecular weight excluding hydrogens is 334 g/mol. The molecule has 4 nitrogen and oxygen atoms in total. The third kappa shape index (κ3) is 4.39. The van der Waals surface area contributed by atoms with E-state index in [1.54, 1.807) is 0 Å². The molecule has 5 heteroatoms. The van der Waals surface area contributed by atoms with Crippen LogP contribution in [-0.2, 0) is 17.9 Å². The highest BCUT2D eigenvalue weighted by Gasteiger charge is 2.30. The fourth-order valence-corrected chi connectivity index (χ4v) is 3.38. The largest absolute Gasteiger partial charge is 0.351 e. The van der Waals surface area contributed by atoms with Crippen LogP contribution in [0.4, 0.5) is 0 Å². The molecule has 3 rings (SSSR count). The zero-order chi connectivity index (χ0) is 17.6. The fraction of sp³-hybridized carbons (Fsp3) is 0.300. The first-order valence-electron chi connectivity index (χ1n) is 8.41. The number of amides is 1. The Morgan fingerprint density at radius 3 is 2.72 bits per heavy atom. The van der Waals surface area contributed by atoms with Gasteiger partial charge in [0.05, 0.1) is 17.7 Å². The molecule has 1 saturated heterocycles. The lowest BCUT2D eigenvalue weighted by molar-refractivity contribution is -0.125. The van der Waals surface area contributed by atoms with Crippen molar-refractivity contribution in [1.82, 2.24) is 10.2 Å². The molecule has 1 unspecified atom stereocenters. The van der Waals surface area contributed by atoms with Crippen LogP contribution in [0.3, 0.4) is 0 Å². The SMILES string of the molecule is N#Cc1ccc(CN2CCCC2C(=O)NCc2ccccc2Cl)cc1. The van der Waals surface area contributed by atoms with Crippen molar-refractivity contribution in [2.75, 3.05) is 6.54 Å². The van der Waals surface area contributed by atoms with E-state index in [1.807, 2.05) is 48.5 Å². The predicted octanol–water partition coefficient (Wildman–Crippen LogP) is 3.49. The summed E-state index contributed by atoms with van der Waals surface area (Å²) >= 11 is 6.14. The molecule has 0 aromatic heterocycles. The quantitative estimate of drug-likeness (QED) is 0.895. The van der Waals surface area contributed by atoms with Crippen LogP contribution in [0.2, 0.25) is 5.02 Å². The molecule has 2 aromatic carbocycles. The molecule has 1 heterocycles. The lowest BCUT2D eigenvalue weighted by Gasteiger charge is -2.24. The number of likely N-dealkylation sites (tertiary alicyclic amines) is 1. The normalized spacial score (nSPS) is 17.2. The standard InChI is InChI=1S/C20H20ClN3O/c21-18-5-2-1-4-17(18)13-23-20(25)19-6-3-11-24(19)14-16-9-7-15(12-22)8-10-16/h1-2,4-5,7-10,19H,3,6,11,13-14H2,(H,23,25). The van der Waals surface area contributed by atoms with Crippen molar-refractivity contribution in [3.05, 3.63) is 70.2 Å². The van der Waals surface area contributed by atoms with Gasteiger partial charge in [-0.2, -0.15) is 5.26 Å². The van der Waals surface area contributed by atoms with Crippen molar-refractivity contribution in [2.45, 2.75) is 32.0 Å². The number of nitrogens with zero attached hydrogens (tertiary/aromatic N) is 2. The Balaban J connectivity index is 1.59. The van der Waals surface area contributed by atoms with Crippen molar-refractivity contribution >= 4 is 17.5 Å². The summed E-state index contributed by atoms with van der Waals surface area (Å²) in [5.74, 6) is 0.0473. The minimum absolute atomic E-state index is 0.0473. The number of carbonyl (C=O) groups is 1. The number of nitrogens with one attached hydrogen (secondary N) is 1. The number of halogens is 1. The Morgan fingerprint density at radius 2 is 2.00 bits per heavy atom. The zero-order valence-electron chi connectivity index (χ0n) is 13.9. The Kier molecular flexibility index (Phi) is 5.70. The van der Waals surface area contributed by atoms with Gasteiger partial charge in [0.25, 0.3) is 0 Å². The summed E-state index contributed by atoms with van der Waals surface area (Å²) in [5, 5.41) is 12.6. The number of nitriles is 1. The van der Waals surface area contributed by atoms with Gasteiger partial charge in [-0.25, -0.2) is 0 Å². The van der Waals surface area contributed by atoms with Crippen molar-refractivity contribution < 1.29 is 4.79 Å². The van der Waals surface area contributed by atoms with Gasteiger partial charge in [-0.3, -0.25) is 9.69 Å². The van der Waals surface area contributed by atoms with Gasteiger partial charge >= 0.3 is 0 Å². The topological polar surface area (TPSA) is 56.1 Å². The van der Waals surface area contributed by atoms with Gasteiger partial charge in [-0.15, -0.1) is 0 Å². The predicted molar refractivity (Wildman–Crippen MR) is 97.9 cm³/mol. The van der Waals surface area contributed by atoms with E-state index in [4.69, 9.17) is 16.9 Å². The first-order chi connectivity index (χ1) is 12.2. The molecule has 0 bridgehead atoms. The molecule has 0 spiro atoms. The summed E-state index contributed by atoms with van der Waals surface area (Å²) in [6, 6.07) is 17.1. The minimum atomic E-state index is -0.113. The van der Waals surface area contributed by atoms with Gasteiger partial charge in [0.2, 0.25) is 5.91 Å². The maximum Gasteiger partial charge on any atom is 0.237 e. The second kappa shape index (κ2) is 8.15. The maximum absolute atomic E-state index is 12.6. The molecule has 2 aromatic rings. The van der Waals surface area contributed by atoms with Crippen molar-refractivity contribution in [3.8, 4) is 6.07 Å². The van der Waals surface area contributed by atoms with E-state index >= 15 is 0 Å². The minimum Gasteiger partial charge on any atom is -0.351 e. The number of carbonyl (C=O) groups excluding carboxylic acids is 1. The first-order valence-corrected chi connectivity index (χ1v) is 8.79. The monoisotopic (exact) mass is 353 g/mol. The van der Waals surface area contributed by atoms with Gasteiger partial charge in [0.15, 0.2) is 0 Å². The lowest BCUT2D eigenvalue weighted by Crippen LogP contribution is -2.42. The molecule has 1 amide bonds. The number of hydrogen-bond acceptors (Lipinski definition) is 3.